The number of thiophene rings is 1. The van der Waals surface area contributed by atoms with Crippen LogP contribution in [-0.4, -0.2) is 17.2 Å². The van der Waals surface area contributed by atoms with Crippen LogP contribution in [-0.2, 0) is 15.1 Å². The number of hydrogen-bond donors (Lipinski definition) is 1. The third kappa shape index (κ3) is 1.18. The predicted molar refractivity (Wildman–Crippen MR) is 53.3 cm³/mol. The van der Waals surface area contributed by atoms with Crippen molar-refractivity contribution in [2.75, 3.05) is 0 Å². The van der Waals surface area contributed by atoms with Gasteiger partial charge in [-0.25, -0.2) is 4.79 Å². The molecule has 76 valence electrons. The molecule has 0 amide bonds. The Kier molecular flexibility index (Phi) is 2.12. The Balaban J connectivity index is 2.33. The van der Waals surface area contributed by atoms with E-state index in [1.165, 1.54) is 11.3 Å². The summed E-state index contributed by atoms with van der Waals surface area (Å²) in [7, 11) is 0. The molecule has 1 saturated heterocycles. The Morgan fingerprint density at radius 3 is 2.79 bits per heavy atom. The standard InChI is InChI=1S/C10H12O3S/c1-6(2)8-10(13-8,9(11)12)7-4-3-5-14-7/h3-6,8H,1-2H3,(H,11,12). The molecule has 0 bridgehead atoms. The lowest BCUT2D eigenvalue weighted by atomic mass is 9.96. The largest absolute Gasteiger partial charge is 0.479 e. The minimum atomic E-state index is -1.05. The first-order valence-corrected chi connectivity index (χ1v) is 5.42. The maximum atomic E-state index is 11.2. The van der Waals surface area contributed by atoms with E-state index in [0.29, 0.717) is 0 Å². The van der Waals surface area contributed by atoms with E-state index in [1.807, 2.05) is 31.4 Å². The van der Waals surface area contributed by atoms with E-state index < -0.39 is 11.6 Å². The smallest absolute Gasteiger partial charge is 0.344 e. The van der Waals surface area contributed by atoms with Crippen molar-refractivity contribution >= 4 is 17.3 Å². The summed E-state index contributed by atoms with van der Waals surface area (Å²) in [6, 6.07) is 3.67. The molecule has 0 aliphatic carbocycles. The van der Waals surface area contributed by atoms with Gasteiger partial charge in [-0.05, 0) is 17.4 Å². The van der Waals surface area contributed by atoms with Crippen molar-refractivity contribution in [2.45, 2.75) is 25.6 Å². The Labute approximate surface area is 86.3 Å². The van der Waals surface area contributed by atoms with E-state index in [2.05, 4.69) is 0 Å². The minimum absolute atomic E-state index is 0.182. The molecule has 2 atom stereocenters. The normalized spacial score (nSPS) is 30.6. The first kappa shape index (κ1) is 9.68. The molecule has 0 radical (unpaired) electrons. The number of aliphatic carboxylic acids is 1. The zero-order chi connectivity index (χ0) is 10.3. The van der Waals surface area contributed by atoms with Crippen LogP contribution in [0.5, 0.6) is 0 Å². The lowest BCUT2D eigenvalue weighted by molar-refractivity contribution is -0.143. The van der Waals surface area contributed by atoms with Crippen molar-refractivity contribution < 1.29 is 14.6 Å². The predicted octanol–water partition coefficient (Wildman–Crippen LogP) is 2.08. The molecule has 1 aromatic rings. The fourth-order valence-corrected chi connectivity index (χ4v) is 2.62. The summed E-state index contributed by atoms with van der Waals surface area (Å²) in [4.78, 5) is 12.0. The van der Waals surface area contributed by atoms with E-state index in [1.54, 1.807) is 0 Å². The highest BCUT2D eigenvalue weighted by Crippen LogP contribution is 2.51. The number of rotatable bonds is 3. The summed E-state index contributed by atoms with van der Waals surface area (Å²) >= 11 is 1.44. The van der Waals surface area contributed by atoms with Crippen molar-refractivity contribution in [2.24, 2.45) is 5.92 Å². The molecule has 1 aromatic heterocycles. The number of carboxylic acids is 1. The molecule has 0 spiro atoms. The maximum Gasteiger partial charge on any atom is 0.344 e. The van der Waals surface area contributed by atoms with Gasteiger partial charge in [0, 0.05) is 0 Å². The molecule has 2 heterocycles. The minimum Gasteiger partial charge on any atom is -0.479 e. The fraction of sp³-hybridized carbons (Fsp3) is 0.500. The Hall–Kier alpha value is -0.870. The van der Waals surface area contributed by atoms with Gasteiger partial charge in [0.1, 0.15) is 6.10 Å². The van der Waals surface area contributed by atoms with Gasteiger partial charge >= 0.3 is 5.97 Å². The lowest BCUT2D eigenvalue weighted by Gasteiger charge is -2.06. The first-order chi connectivity index (χ1) is 6.59. The first-order valence-electron chi connectivity index (χ1n) is 4.54. The summed E-state index contributed by atoms with van der Waals surface area (Å²) < 4.78 is 5.38. The maximum absolute atomic E-state index is 11.2. The summed E-state index contributed by atoms with van der Waals surface area (Å²) in [6.45, 7) is 3.95. The molecule has 1 aliphatic rings. The number of hydrogen-bond acceptors (Lipinski definition) is 3. The Morgan fingerprint density at radius 2 is 2.43 bits per heavy atom. The molecule has 14 heavy (non-hydrogen) atoms. The third-order valence-corrected chi connectivity index (χ3v) is 3.45. The molecule has 1 N–H and O–H groups in total. The number of carbonyl (C=O) groups is 1. The molecule has 1 fully saturated rings. The average molecular weight is 212 g/mol. The van der Waals surface area contributed by atoms with Gasteiger partial charge in [-0.1, -0.05) is 19.9 Å². The summed E-state index contributed by atoms with van der Waals surface area (Å²) in [5.41, 5.74) is -1.05. The van der Waals surface area contributed by atoms with E-state index in [4.69, 9.17) is 4.74 Å². The second-order valence-corrected chi connectivity index (χ2v) is 4.75. The highest BCUT2D eigenvalue weighted by Gasteiger charge is 2.66. The van der Waals surface area contributed by atoms with Gasteiger partial charge < -0.3 is 9.84 Å². The van der Waals surface area contributed by atoms with E-state index in [0.717, 1.165) is 4.88 Å². The Bertz CT molecular complexity index is 344. The zero-order valence-electron chi connectivity index (χ0n) is 8.06. The van der Waals surface area contributed by atoms with Crippen molar-refractivity contribution in [3.05, 3.63) is 22.4 Å². The molecule has 0 saturated carbocycles. The number of carboxylic acid groups (broad SMARTS) is 1. The second-order valence-electron chi connectivity index (χ2n) is 3.80. The third-order valence-electron chi connectivity index (χ3n) is 2.47. The van der Waals surface area contributed by atoms with E-state index in [9.17, 15) is 9.90 Å². The molecule has 2 unspecified atom stereocenters. The molecular formula is C10H12O3S. The van der Waals surface area contributed by atoms with Crippen LogP contribution in [0.15, 0.2) is 17.5 Å². The van der Waals surface area contributed by atoms with Crippen LogP contribution in [0, 0.1) is 5.92 Å². The van der Waals surface area contributed by atoms with Gasteiger partial charge in [-0.2, -0.15) is 0 Å². The van der Waals surface area contributed by atoms with Gasteiger partial charge in [0.2, 0.25) is 5.60 Å². The highest BCUT2D eigenvalue weighted by molar-refractivity contribution is 7.10. The van der Waals surface area contributed by atoms with Gasteiger partial charge in [0.05, 0.1) is 4.88 Å². The molecule has 3 nitrogen and oxygen atoms in total. The number of ether oxygens (including phenoxy) is 1. The van der Waals surface area contributed by atoms with Crippen LogP contribution < -0.4 is 0 Å². The molecule has 0 aromatic carbocycles. The lowest BCUT2D eigenvalue weighted by Crippen LogP contribution is -2.25. The van der Waals surface area contributed by atoms with Crippen LogP contribution in [0.25, 0.3) is 0 Å². The van der Waals surface area contributed by atoms with Gasteiger partial charge in [0.25, 0.3) is 0 Å². The Morgan fingerprint density at radius 1 is 1.71 bits per heavy atom. The van der Waals surface area contributed by atoms with Gasteiger partial charge in [0.15, 0.2) is 0 Å². The summed E-state index contributed by atoms with van der Waals surface area (Å²) in [5.74, 6) is -0.646. The van der Waals surface area contributed by atoms with Crippen LogP contribution in [0.4, 0.5) is 0 Å². The van der Waals surface area contributed by atoms with Gasteiger partial charge in [-0.15, -0.1) is 11.3 Å². The van der Waals surface area contributed by atoms with Crippen LogP contribution in [0.3, 0.4) is 0 Å². The molecular weight excluding hydrogens is 200 g/mol. The van der Waals surface area contributed by atoms with E-state index in [-0.39, 0.29) is 12.0 Å². The fourth-order valence-electron chi connectivity index (χ4n) is 1.74. The topological polar surface area (TPSA) is 49.8 Å². The zero-order valence-corrected chi connectivity index (χ0v) is 8.88. The van der Waals surface area contributed by atoms with Crippen LogP contribution >= 0.6 is 11.3 Å². The quantitative estimate of drug-likeness (QED) is 0.780. The summed E-state index contributed by atoms with van der Waals surface area (Å²) in [5, 5.41) is 11.1. The average Bonchev–Trinajstić information content (AvgIpc) is 2.66. The molecule has 1 aliphatic heterocycles. The molecule has 4 heteroatoms. The molecule has 2 rings (SSSR count). The van der Waals surface area contributed by atoms with Crippen molar-refractivity contribution in [1.29, 1.82) is 0 Å². The van der Waals surface area contributed by atoms with Gasteiger partial charge in [-0.3, -0.25) is 0 Å². The SMILES string of the molecule is CC(C)C1OC1(C(=O)O)c1cccs1. The second kappa shape index (κ2) is 3.07. The van der Waals surface area contributed by atoms with Crippen LogP contribution in [0.2, 0.25) is 0 Å². The monoisotopic (exact) mass is 212 g/mol. The highest BCUT2D eigenvalue weighted by atomic mass is 32.1. The van der Waals surface area contributed by atoms with Crippen molar-refractivity contribution in [3.63, 3.8) is 0 Å². The van der Waals surface area contributed by atoms with E-state index >= 15 is 0 Å². The van der Waals surface area contributed by atoms with Crippen molar-refractivity contribution in [3.8, 4) is 0 Å². The summed E-state index contributed by atoms with van der Waals surface area (Å²) in [6.07, 6.45) is -0.182. The van der Waals surface area contributed by atoms with Crippen LogP contribution in [0.1, 0.15) is 18.7 Å². The van der Waals surface area contributed by atoms with Crippen molar-refractivity contribution in [1.82, 2.24) is 0 Å². The number of epoxide rings is 1.